The number of carboxylic acid groups (broad SMARTS) is 1. The van der Waals surface area contributed by atoms with Gasteiger partial charge in [0.25, 0.3) is 0 Å². The molecule has 2 aromatic carbocycles. The van der Waals surface area contributed by atoms with E-state index in [1.807, 2.05) is 6.07 Å². The first-order chi connectivity index (χ1) is 11.6. The van der Waals surface area contributed by atoms with Crippen LogP contribution in [0.5, 0.6) is 5.75 Å². The summed E-state index contributed by atoms with van der Waals surface area (Å²) in [5.41, 5.74) is 2.53. The van der Waals surface area contributed by atoms with Crippen molar-refractivity contribution in [2.45, 2.75) is 26.2 Å². The highest BCUT2D eigenvalue weighted by Crippen LogP contribution is 2.36. The first-order valence-electron chi connectivity index (χ1n) is 7.78. The summed E-state index contributed by atoms with van der Waals surface area (Å²) in [4.78, 5) is 23.1. The smallest absolute Gasteiger partial charge is 0.465 e. The molecule has 0 heterocycles. The van der Waals surface area contributed by atoms with Crippen molar-refractivity contribution < 1.29 is 24.2 Å². The Bertz CT molecular complexity index is 736. The van der Waals surface area contributed by atoms with Crippen molar-refractivity contribution in [1.82, 2.24) is 0 Å². The fraction of sp³-hybridized carbons (Fsp3) is 0.263. The monoisotopic (exact) mass is 328 g/mol. The highest BCUT2D eigenvalue weighted by atomic mass is 16.7. The number of hydrogen-bond acceptors (Lipinski definition) is 4. The van der Waals surface area contributed by atoms with E-state index in [1.54, 1.807) is 36.4 Å². The summed E-state index contributed by atoms with van der Waals surface area (Å²) in [5.74, 6) is -0.260. The molecule has 1 N–H and O–H groups in total. The first kappa shape index (κ1) is 17.5. The van der Waals surface area contributed by atoms with Crippen molar-refractivity contribution in [2.24, 2.45) is 0 Å². The molecule has 0 aliphatic carbocycles. The Kier molecular flexibility index (Phi) is 5.95. The molecule has 126 valence electrons. The summed E-state index contributed by atoms with van der Waals surface area (Å²) in [6.45, 7) is 2.08. The predicted octanol–water partition coefficient (Wildman–Crippen LogP) is 4.54. The molecule has 0 fully saturated rings. The van der Waals surface area contributed by atoms with Gasteiger partial charge in [-0.15, -0.1) is 0 Å². The van der Waals surface area contributed by atoms with Gasteiger partial charge in [-0.2, -0.15) is 0 Å². The second kappa shape index (κ2) is 8.15. The van der Waals surface area contributed by atoms with E-state index < -0.39 is 12.1 Å². The van der Waals surface area contributed by atoms with Crippen LogP contribution < -0.4 is 4.74 Å². The number of rotatable bonds is 6. The van der Waals surface area contributed by atoms with E-state index in [0.717, 1.165) is 24.8 Å². The maximum atomic E-state index is 12.1. The number of ether oxygens (including phenoxy) is 2. The molecule has 0 amide bonds. The summed E-state index contributed by atoms with van der Waals surface area (Å²) in [5, 5.41) is 9.02. The van der Waals surface area contributed by atoms with Gasteiger partial charge < -0.3 is 14.6 Å². The lowest BCUT2D eigenvalue weighted by atomic mass is 9.92. The van der Waals surface area contributed by atoms with Gasteiger partial charge in [-0.3, -0.25) is 0 Å². The van der Waals surface area contributed by atoms with Gasteiger partial charge in [0.2, 0.25) is 0 Å². The molecule has 0 unspecified atom stereocenters. The molecule has 0 radical (unpaired) electrons. The summed E-state index contributed by atoms with van der Waals surface area (Å²) >= 11 is 0. The molecular weight excluding hydrogens is 308 g/mol. The van der Waals surface area contributed by atoms with Crippen molar-refractivity contribution in [3.8, 4) is 16.9 Å². The third kappa shape index (κ3) is 3.93. The summed E-state index contributed by atoms with van der Waals surface area (Å²) < 4.78 is 9.80. The van der Waals surface area contributed by atoms with E-state index in [0.29, 0.717) is 16.7 Å². The van der Waals surface area contributed by atoms with E-state index >= 15 is 0 Å². The molecule has 0 saturated carbocycles. The fourth-order valence-corrected chi connectivity index (χ4v) is 2.63. The molecule has 0 saturated heterocycles. The highest BCUT2D eigenvalue weighted by molar-refractivity contribution is 5.98. The van der Waals surface area contributed by atoms with Crippen LogP contribution in [0.15, 0.2) is 42.5 Å². The zero-order valence-electron chi connectivity index (χ0n) is 13.7. The van der Waals surface area contributed by atoms with Crippen molar-refractivity contribution in [3.63, 3.8) is 0 Å². The van der Waals surface area contributed by atoms with Crippen LogP contribution in [-0.2, 0) is 11.2 Å². The Morgan fingerprint density at radius 3 is 2.50 bits per heavy atom. The Labute approximate surface area is 140 Å². The number of unbranched alkanes of at least 4 members (excludes halogenated alkanes) is 1. The van der Waals surface area contributed by atoms with Crippen LogP contribution >= 0.6 is 0 Å². The lowest BCUT2D eigenvalue weighted by Crippen LogP contribution is -2.08. The van der Waals surface area contributed by atoms with Gasteiger partial charge in [0.15, 0.2) is 0 Å². The maximum Gasteiger partial charge on any atom is 0.511 e. The van der Waals surface area contributed by atoms with Crippen molar-refractivity contribution >= 4 is 12.1 Å². The SMILES string of the molecule is CCCCc1cccc(OC(=O)O)c1-c1ccccc1C(=O)OC. The standard InChI is InChI=1S/C19H20O5/c1-3-4-8-13-9-7-12-16(24-19(21)22)17(13)14-10-5-6-11-15(14)18(20)23-2/h5-7,9-12H,3-4,8H2,1-2H3,(H,21,22). The van der Waals surface area contributed by atoms with Crippen LogP contribution in [-0.4, -0.2) is 24.3 Å². The largest absolute Gasteiger partial charge is 0.511 e. The van der Waals surface area contributed by atoms with Gasteiger partial charge in [-0.05, 0) is 30.5 Å². The number of methoxy groups -OCH3 is 1. The Hall–Kier alpha value is -2.82. The summed E-state index contributed by atoms with van der Waals surface area (Å²) in [6.07, 6.45) is 1.32. The molecule has 24 heavy (non-hydrogen) atoms. The van der Waals surface area contributed by atoms with E-state index in [1.165, 1.54) is 7.11 Å². The molecule has 2 aromatic rings. The van der Waals surface area contributed by atoms with Crippen LogP contribution in [0, 0.1) is 0 Å². The zero-order valence-corrected chi connectivity index (χ0v) is 13.7. The molecule has 5 heteroatoms. The summed E-state index contributed by atoms with van der Waals surface area (Å²) in [7, 11) is 1.32. The minimum absolute atomic E-state index is 0.215. The lowest BCUT2D eigenvalue weighted by Gasteiger charge is -2.16. The average Bonchev–Trinajstić information content (AvgIpc) is 2.59. The minimum Gasteiger partial charge on any atom is -0.465 e. The van der Waals surface area contributed by atoms with Crippen LogP contribution in [0.25, 0.3) is 11.1 Å². The van der Waals surface area contributed by atoms with Gasteiger partial charge in [-0.1, -0.05) is 43.7 Å². The zero-order chi connectivity index (χ0) is 17.5. The van der Waals surface area contributed by atoms with E-state index in [9.17, 15) is 9.59 Å². The van der Waals surface area contributed by atoms with Crippen molar-refractivity contribution in [1.29, 1.82) is 0 Å². The minimum atomic E-state index is -1.39. The van der Waals surface area contributed by atoms with Gasteiger partial charge in [0, 0.05) is 11.1 Å². The molecule has 2 rings (SSSR count). The molecule has 0 aliphatic heterocycles. The number of benzene rings is 2. The fourth-order valence-electron chi connectivity index (χ4n) is 2.63. The van der Waals surface area contributed by atoms with Gasteiger partial charge in [-0.25, -0.2) is 9.59 Å². The van der Waals surface area contributed by atoms with Gasteiger partial charge in [0.05, 0.1) is 12.7 Å². The number of esters is 1. The molecule has 0 bridgehead atoms. The quantitative estimate of drug-likeness (QED) is 0.622. The highest BCUT2D eigenvalue weighted by Gasteiger charge is 2.20. The molecule has 0 spiro atoms. The van der Waals surface area contributed by atoms with Crippen LogP contribution in [0.3, 0.4) is 0 Å². The first-order valence-corrected chi connectivity index (χ1v) is 7.78. The van der Waals surface area contributed by atoms with E-state index in [2.05, 4.69) is 6.92 Å². The Balaban J connectivity index is 2.66. The van der Waals surface area contributed by atoms with E-state index in [-0.39, 0.29) is 5.75 Å². The Morgan fingerprint density at radius 1 is 1.08 bits per heavy atom. The molecule has 0 atom stereocenters. The number of hydrogen-bond donors (Lipinski definition) is 1. The Morgan fingerprint density at radius 2 is 1.83 bits per heavy atom. The number of aryl methyl sites for hydroxylation is 1. The molecular formula is C19H20O5. The van der Waals surface area contributed by atoms with Crippen LogP contribution in [0.4, 0.5) is 4.79 Å². The van der Waals surface area contributed by atoms with E-state index in [4.69, 9.17) is 14.6 Å². The number of carbonyl (C=O) groups is 2. The molecule has 0 aromatic heterocycles. The third-order valence-corrected chi connectivity index (χ3v) is 3.71. The second-order valence-corrected chi connectivity index (χ2v) is 5.30. The maximum absolute atomic E-state index is 12.1. The number of carbonyl (C=O) groups excluding carboxylic acids is 1. The third-order valence-electron chi connectivity index (χ3n) is 3.71. The lowest BCUT2D eigenvalue weighted by molar-refractivity contribution is 0.0601. The van der Waals surface area contributed by atoms with Gasteiger partial charge in [0.1, 0.15) is 5.75 Å². The molecule has 0 aliphatic rings. The van der Waals surface area contributed by atoms with Crippen molar-refractivity contribution in [3.05, 3.63) is 53.6 Å². The second-order valence-electron chi connectivity index (χ2n) is 5.30. The van der Waals surface area contributed by atoms with Gasteiger partial charge >= 0.3 is 12.1 Å². The van der Waals surface area contributed by atoms with Crippen molar-refractivity contribution in [2.75, 3.05) is 7.11 Å². The topological polar surface area (TPSA) is 72.8 Å². The van der Waals surface area contributed by atoms with Crippen LogP contribution in [0.1, 0.15) is 35.7 Å². The summed E-state index contributed by atoms with van der Waals surface area (Å²) in [6, 6.07) is 12.2. The van der Waals surface area contributed by atoms with Crippen LogP contribution in [0.2, 0.25) is 0 Å². The average molecular weight is 328 g/mol. The predicted molar refractivity (Wildman–Crippen MR) is 90.5 cm³/mol. The molecule has 5 nitrogen and oxygen atoms in total. The normalized spacial score (nSPS) is 10.2.